The molecule has 1 heterocycles. The van der Waals surface area contributed by atoms with Gasteiger partial charge >= 0.3 is 5.97 Å². The third-order valence-electron chi connectivity index (χ3n) is 3.47. The largest absolute Gasteiger partial charge is 0.469 e. The third-order valence-corrected chi connectivity index (χ3v) is 4.32. The van der Waals surface area contributed by atoms with E-state index in [4.69, 9.17) is 27.9 Å². The SMILES string of the molecule is COC(=O)[C@H]1CCCN(Cc2cccc(Cl)c2Cl)C1. The average molecular weight is 302 g/mol. The first-order chi connectivity index (χ1) is 9.11. The minimum absolute atomic E-state index is 0.0308. The molecule has 19 heavy (non-hydrogen) atoms. The maximum Gasteiger partial charge on any atom is 0.309 e. The Balaban J connectivity index is 2.03. The van der Waals surface area contributed by atoms with Crippen molar-refractivity contribution in [3.63, 3.8) is 0 Å². The molecule has 0 spiro atoms. The summed E-state index contributed by atoms with van der Waals surface area (Å²) in [6.45, 7) is 2.40. The summed E-state index contributed by atoms with van der Waals surface area (Å²) in [5, 5.41) is 1.17. The van der Waals surface area contributed by atoms with Gasteiger partial charge in [0.15, 0.2) is 0 Å². The second kappa shape index (κ2) is 6.60. The fourth-order valence-corrected chi connectivity index (χ4v) is 2.85. The van der Waals surface area contributed by atoms with Gasteiger partial charge in [0.2, 0.25) is 0 Å². The van der Waals surface area contributed by atoms with E-state index in [0.29, 0.717) is 16.6 Å². The summed E-state index contributed by atoms with van der Waals surface area (Å²) < 4.78 is 4.82. The van der Waals surface area contributed by atoms with Crippen molar-refractivity contribution in [3.8, 4) is 0 Å². The molecular formula is C14H17Cl2NO2. The topological polar surface area (TPSA) is 29.5 Å². The molecule has 1 atom stereocenters. The Morgan fingerprint density at radius 1 is 1.47 bits per heavy atom. The van der Waals surface area contributed by atoms with Crippen LogP contribution in [0, 0.1) is 5.92 Å². The molecule has 1 aromatic rings. The number of hydrogen-bond acceptors (Lipinski definition) is 3. The van der Waals surface area contributed by atoms with Crippen molar-refractivity contribution < 1.29 is 9.53 Å². The maximum atomic E-state index is 11.6. The number of carbonyl (C=O) groups is 1. The normalized spacial score (nSPS) is 20.3. The van der Waals surface area contributed by atoms with E-state index < -0.39 is 0 Å². The minimum atomic E-state index is -0.123. The summed E-state index contributed by atoms with van der Waals surface area (Å²) in [6, 6.07) is 5.64. The summed E-state index contributed by atoms with van der Waals surface area (Å²) in [6.07, 6.45) is 1.89. The van der Waals surface area contributed by atoms with E-state index >= 15 is 0 Å². The first kappa shape index (κ1) is 14.6. The van der Waals surface area contributed by atoms with E-state index in [0.717, 1.165) is 31.5 Å². The van der Waals surface area contributed by atoms with Crippen LogP contribution < -0.4 is 0 Å². The molecule has 0 aliphatic carbocycles. The van der Waals surface area contributed by atoms with Crippen LogP contribution in [-0.2, 0) is 16.1 Å². The molecule has 3 nitrogen and oxygen atoms in total. The highest BCUT2D eigenvalue weighted by Crippen LogP contribution is 2.28. The van der Waals surface area contributed by atoms with Crippen LogP contribution in [-0.4, -0.2) is 31.1 Å². The smallest absolute Gasteiger partial charge is 0.309 e. The lowest BCUT2D eigenvalue weighted by molar-refractivity contribution is -0.147. The molecule has 0 saturated carbocycles. The quantitative estimate of drug-likeness (QED) is 0.802. The van der Waals surface area contributed by atoms with E-state index in [1.165, 1.54) is 7.11 Å². The Morgan fingerprint density at radius 3 is 3.00 bits per heavy atom. The van der Waals surface area contributed by atoms with E-state index in [9.17, 15) is 4.79 Å². The Morgan fingerprint density at radius 2 is 2.26 bits per heavy atom. The fraction of sp³-hybridized carbons (Fsp3) is 0.500. The van der Waals surface area contributed by atoms with Crippen molar-refractivity contribution in [3.05, 3.63) is 33.8 Å². The van der Waals surface area contributed by atoms with Crippen LogP contribution in [0.4, 0.5) is 0 Å². The van der Waals surface area contributed by atoms with Crippen molar-refractivity contribution in [1.82, 2.24) is 4.90 Å². The van der Waals surface area contributed by atoms with Crippen molar-refractivity contribution in [1.29, 1.82) is 0 Å². The van der Waals surface area contributed by atoms with Crippen LogP contribution in [0.25, 0.3) is 0 Å². The maximum absolute atomic E-state index is 11.6. The van der Waals surface area contributed by atoms with Gasteiger partial charge in [-0.15, -0.1) is 0 Å². The molecule has 2 rings (SSSR count). The molecule has 0 bridgehead atoms. The summed E-state index contributed by atoms with van der Waals surface area (Å²) in [5.74, 6) is -0.154. The monoisotopic (exact) mass is 301 g/mol. The van der Waals surface area contributed by atoms with Gasteiger partial charge in [0, 0.05) is 13.1 Å². The first-order valence-electron chi connectivity index (χ1n) is 6.35. The van der Waals surface area contributed by atoms with Gasteiger partial charge in [0.25, 0.3) is 0 Å². The summed E-state index contributed by atoms with van der Waals surface area (Å²) in [7, 11) is 1.44. The van der Waals surface area contributed by atoms with Gasteiger partial charge in [-0.25, -0.2) is 0 Å². The standard InChI is InChI=1S/C14H17Cl2NO2/c1-19-14(18)11-5-3-7-17(9-11)8-10-4-2-6-12(15)13(10)16/h2,4,6,11H,3,5,7-9H2,1H3/t11-/m0/s1. The molecule has 1 saturated heterocycles. The molecule has 0 N–H and O–H groups in total. The molecule has 0 aromatic heterocycles. The molecule has 0 unspecified atom stereocenters. The summed E-state index contributed by atoms with van der Waals surface area (Å²) >= 11 is 12.2. The number of piperidine rings is 1. The molecule has 1 aliphatic rings. The second-order valence-corrected chi connectivity index (χ2v) is 5.60. The Bertz CT molecular complexity index is 465. The molecule has 104 valence electrons. The van der Waals surface area contributed by atoms with Gasteiger partial charge in [-0.3, -0.25) is 9.69 Å². The van der Waals surface area contributed by atoms with Gasteiger partial charge < -0.3 is 4.74 Å². The van der Waals surface area contributed by atoms with E-state index in [1.54, 1.807) is 6.07 Å². The molecule has 1 aromatic carbocycles. The zero-order chi connectivity index (χ0) is 13.8. The van der Waals surface area contributed by atoms with Crippen LogP contribution in [0.15, 0.2) is 18.2 Å². The molecule has 0 amide bonds. The third kappa shape index (κ3) is 3.62. The van der Waals surface area contributed by atoms with Crippen LogP contribution in [0.3, 0.4) is 0 Å². The van der Waals surface area contributed by atoms with Crippen molar-refractivity contribution in [2.75, 3.05) is 20.2 Å². The number of ether oxygens (including phenoxy) is 1. The highest BCUT2D eigenvalue weighted by Gasteiger charge is 2.26. The number of methoxy groups -OCH3 is 1. The highest BCUT2D eigenvalue weighted by molar-refractivity contribution is 6.42. The number of hydrogen-bond donors (Lipinski definition) is 0. The molecule has 5 heteroatoms. The number of nitrogens with zero attached hydrogens (tertiary/aromatic N) is 1. The number of likely N-dealkylation sites (tertiary alicyclic amines) is 1. The van der Waals surface area contributed by atoms with Crippen molar-refractivity contribution >= 4 is 29.2 Å². The van der Waals surface area contributed by atoms with Crippen LogP contribution in [0.5, 0.6) is 0 Å². The number of carbonyl (C=O) groups excluding carboxylic acids is 1. The van der Waals surface area contributed by atoms with E-state index in [1.807, 2.05) is 12.1 Å². The highest BCUT2D eigenvalue weighted by atomic mass is 35.5. The number of benzene rings is 1. The van der Waals surface area contributed by atoms with Crippen LogP contribution >= 0.6 is 23.2 Å². The molecule has 0 radical (unpaired) electrons. The molecule has 1 fully saturated rings. The Hall–Kier alpha value is -0.770. The van der Waals surface area contributed by atoms with Gasteiger partial charge in [-0.05, 0) is 31.0 Å². The number of esters is 1. The summed E-state index contributed by atoms with van der Waals surface area (Å²) in [4.78, 5) is 13.8. The molecule has 1 aliphatic heterocycles. The van der Waals surface area contributed by atoms with Gasteiger partial charge in [0.05, 0.1) is 23.1 Å². The lowest BCUT2D eigenvalue weighted by atomic mass is 9.98. The van der Waals surface area contributed by atoms with E-state index in [2.05, 4.69) is 4.90 Å². The van der Waals surface area contributed by atoms with Crippen LogP contribution in [0.2, 0.25) is 10.0 Å². The lowest BCUT2D eigenvalue weighted by Crippen LogP contribution is -2.38. The van der Waals surface area contributed by atoms with Crippen LogP contribution in [0.1, 0.15) is 18.4 Å². The zero-order valence-electron chi connectivity index (χ0n) is 10.9. The van der Waals surface area contributed by atoms with Gasteiger partial charge in [-0.1, -0.05) is 35.3 Å². The minimum Gasteiger partial charge on any atom is -0.469 e. The van der Waals surface area contributed by atoms with Gasteiger partial charge in [0.1, 0.15) is 0 Å². The molecular weight excluding hydrogens is 285 g/mol. The van der Waals surface area contributed by atoms with E-state index in [-0.39, 0.29) is 11.9 Å². The lowest BCUT2D eigenvalue weighted by Gasteiger charge is -2.31. The number of rotatable bonds is 3. The van der Waals surface area contributed by atoms with Crippen molar-refractivity contribution in [2.24, 2.45) is 5.92 Å². The Kier molecular flexibility index (Phi) is 5.08. The Labute approximate surface area is 123 Å². The predicted molar refractivity (Wildman–Crippen MR) is 76.5 cm³/mol. The number of halogens is 2. The predicted octanol–water partition coefficient (Wildman–Crippen LogP) is 3.38. The first-order valence-corrected chi connectivity index (χ1v) is 7.10. The second-order valence-electron chi connectivity index (χ2n) is 4.81. The zero-order valence-corrected chi connectivity index (χ0v) is 12.4. The van der Waals surface area contributed by atoms with Gasteiger partial charge in [-0.2, -0.15) is 0 Å². The van der Waals surface area contributed by atoms with Crippen molar-refractivity contribution in [2.45, 2.75) is 19.4 Å². The fourth-order valence-electron chi connectivity index (χ4n) is 2.47. The average Bonchev–Trinajstić information content (AvgIpc) is 2.43. The summed E-state index contributed by atoms with van der Waals surface area (Å²) in [5.41, 5.74) is 1.000.